The van der Waals surface area contributed by atoms with Crippen LogP contribution in [-0.2, 0) is 0 Å². The molecular weight excluding hydrogens is 208 g/mol. The molecule has 0 amide bonds. The predicted molar refractivity (Wildman–Crippen MR) is 63.0 cm³/mol. The zero-order valence-electron chi connectivity index (χ0n) is 8.43. The second kappa shape index (κ2) is 4.79. The summed E-state index contributed by atoms with van der Waals surface area (Å²) >= 11 is 1.54. The van der Waals surface area contributed by atoms with E-state index in [1.165, 1.54) is 11.3 Å². The van der Waals surface area contributed by atoms with Crippen molar-refractivity contribution >= 4 is 22.2 Å². The Labute approximate surface area is 92.7 Å². The topological polar surface area (TPSA) is 34.1 Å². The van der Waals surface area contributed by atoms with Crippen LogP contribution < -0.4 is 10.1 Å². The molecule has 1 N–H and O–H groups in total. The average Bonchev–Trinajstić information content (AvgIpc) is 2.68. The van der Waals surface area contributed by atoms with Crippen LogP contribution in [0.3, 0.4) is 0 Å². The third kappa shape index (κ3) is 2.70. The molecule has 1 aromatic heterocycles. The fourth-order valence-electron chi connectivity index (χ4n) is 1.18. The van der Waals surface area contributed by atoms with Crippen molar-refractivity contribution < 1.29 is 4.74 Å². The number of para-hydroxylation sites is 1. The zero-order valence-corrected chi connectivity index (χ0v) is 9.25. The van der Waals surface area contributed by atoms with Gasteiger partial charge >= 0.3 is 0 Å². The number of rotatable bonds is 4. The lowest BCUT2D eigenvalue weighted by atomic mass is 10.3. The first-order valence-corrected chi connectivity index (χ1v) is 5.67. The Morgan fingerprint density at radius 2 is 2.13 bits per heavy atom. The maximum atomic E-state index is 5.28. The minimum atomic E-state index is 0.647. The summed E-state index contributed by atoms with van der Waals surface area (Å²) in [6.45, 7) is 2.60. The quantitative estimate of drug-likeness (QED) is 0.858. The van der Waals surface area contributed by atoms with Crippen LogP contribution >= 0.6 is 11.3 Å². The molecule has 3 nitrogen and oxygen atoms in total. The molecule has 1 heterocycles. The van der Waals surface area contributed by atoms with Gasteiger partial charge < -0.3 is 10.1 Å². The Bertz CT molecular complexity index is 414. The Morgan fingerprint density at radius 3 is 2.87 bits per heavy atom. The molecule has 78 valence electrons. The van der Waals surface area contributed by atoms with E-state index in [1.807, 2.05) is 42.6 Å². The third-order valence-corrected chi connectivity index (χ3v) is 2.54. The molecule has 0 spiro atoms. The van der Waals surface area contributed by atoms with Crippen molar-refractivity contribution in [2.75, 3.05) is 11.9 Å². The number of aromatic nitrogens is 1. The van der Waals surface area contributed by atoms with Gasteiger partial charge in [-0.05, 0) is 19.1 Å². The second-order valence-corrected chi connectivity index (χ2v) is 3.77. The summed E-state index contributed by atoms with van der Waals surface area (Å²) in [6, 6.07) is 9.96. The first-order chi connectivity index (χ1) is 7.38. The predicted octanol–water partition coefficient (Wildman–Crippen LogP) is 3.29. The molecule has 2 aromatic rings. The van der Waals surface area contributed by atoms with E-state index in [2.05, 4.69) is 10.3 Å². The summed E-state index contributed by atoms with van der Waals surface area (Å²) in [5.41, 5.74) is 1.04. The van der Waals surface area contributed by atoms with Gasteiger partial charge in [-0.2, -0.15) is 4.98 Å². The van der Waals surface area contributed by atoms with Gasteiger partial charge in [-0.1, -0.05) is 18.2 Å². The van der Waals surface area contributed by atoms with Crippen molar-refractivity contribution in [3.8, 4) is 5.88 Å². The number of hydrogen-bond donors (Lipinski definition) is 1. The van der Waals surface area contributed by atoms with E-state index in [9.17, 15) is 0 Å². The molecule has 0 bridgehead atoms. The van der Waals surface area contributed by atoms with Gasteiger partial charge in [0.2, 0.25) is 5.88 Å². The number of anilines is 2. The van der Waals surface area contributed by atoms with Crippen LogP contribution in [-0.4, -0.2) is 11.6 Å². The Hall–Kier alpha value is -1.55. The van der Waals surface area contributed by atoms with Gasteiger partial charge in [0.15, 0.2) is 5.13 Å². The van der Waals surface area contributed by atoms with Crippen molar-refractivity contribution in [3.63, 3.8) is 0 Å². The van der Waals surface area contributed by atoms with Crippen molar-refractivity contribution in [1.29, 1.82) is 0 Å². The minimum Gasteiger partial charge on any atom is -0.477 e. The summed E-state index contributed by atoms with van der Waals surface area (Å²) in [4.78, 5) is 4.28. The van der Waals surface area contributed by atoms with Crippen LogP contribution in [0.2, 0.25) is 0 Å². The molecule has 0 atom stereocenters. The van der Waals surface area contributed by atoms with E-state index in [0.29, 0.717) is 12.5 Å². The molecule has 0 saturated heterocycles. The Kier molecular flexibility index (Phi) is 3.19. The molecule has 0 saturated carbocycles. The lowest BCUT2D eigenvalue weighted by molar-refractivity contribution is 0.329. The smallest absolute Gasteiger partial charge is 0.226 e. The average molecular weight is 220 g/mol. The molecule has 4 heteroatoms. The summed E-state index contributed by atoms with van der Waals surface area (Å²) in [7, 11) is 0. The molecule has 15 heavy (non-hydrogen) atoms. The van der Waals surface area contributed by atoms with Gasteiger partial charge in [-0.3, -0.25) is 0 Å². The SMILES string of the molecule is CCOc1csc(Nc2ccccc2)n1. The first-order valence-electron chi connectivity index (χ1n) is 4.79. The van der Waals surface area contributed by atoms with Crippen molar-refractivity contribution in [2.24, 2.45) is 0 Å². The highest BCUT2D eigenvalue weighted by Crippen LogP contribution is 2.24. The normalized spacial score (nSPS) is 9.93. The summed E-state index contributed by atoms with van der Waals surface area (Å²) in [5, 5.41) is 5.96. The Morgan fingerprint density at radius 1 is 1.33 bits per heavy atom. The fraction of sp³-hybridized carbons (Fsp3) is 0.182. The van der Waals surface area contributed by atoms with Gasteiger partial charge in [-0.25, -0.2) is 0 Å². The lowest BCUT2D eigenvalue weighted by Crippen LogP contribution is -1.92. The molecular formula is C11H12N2OS. The number of nitrogens with zero attached hydrogens (tertiary/aromatic N) is 1. The molecule has 0 aliphatic heterocycles. The molecule has 0 radical (unpaired) electrons. The third-order valence-electron chi connectivity index (χ3n) is 1.80. The van der Waals surface area contributed by atoms with Gasteiger partial charge in [0.1, 0.15) is 0 Å². The summed E-state index contributed by atoms with van der Waals surface area (Å²) in [6.07, 6.45) is 0. The van der Waals surface area contributed by atoms with Crippen LogP contribution in [0.1, 0.15) is 6.92 Å². The lowest BCUT2D eigenvalue weighted by Gasteiger charge is -2.00. The van der Waals surface area contributed by atoms with Crippen LogP contribution in [0, 0.1) is 0 Å². The molecule has 0 aliphatic rings. The van der Waals surface area contributed by atoms with E-state index in [0.717, 1.165) is 10.8 Å². The standard InChI is InChI=1S/C11H12N2OS/c1-2-14-10-8-15-11(13-10)12-9-6-4-3-5-7-9/h3-8H,2H2,1H3,(H,12,13). The van der Waals surface area contributed by atoms with E-state index < -0.39 is 0 Å². The highest BCUT2D eigenvalue weighted by Gasteiger charge is 2.01. The molecule has 0 aliphatic carbocycles. The van der Waals surface area contributed by atoms with Gasteiger partial charge in [-0.15, -0.1) is 11.3 Å². The van der Waals surface area contributed by atoms with E-state index in [-0.39, 0.29) is 0 Å². The van der Waals surface area contributed by atoms with E-state index >= 15 is 0 Å². The minimum absolute atomic E-state index is 0.647. The monoisotopic (exact) mass is 220 g/mol. The number of hydrogen-bond acceptors (Lipinski definition) is 4. The van der Waals surface area contributed by atoms with Crippen LogP contribution in [0.15, 0.2) is 35.7 Å². The van der Waals surface area contributed by atoms with Crippen LogP contribution in [0.4, 0.5) is 10.8 Å². The van der Waals surface area contributed by atoms with E-state index in [1.54, 1.807) is 0 Å². The highest BCUT2D eigenvalue weighted by molar-refractivity contribution is 7.14. The van der Waals surface area contributed by atoms with Crippen LogP contribution in [0.5, 0.6) is 5.88 Å². The molecule has 0 unspecified atom stereocenters. The summed E-state index contributed by atoms with van der Waals surface area (Å²) < 4.78 is 5.28. The maximum absolute atomic E-state index is 5.28. The molecule has 2 rings (SSSR count). The number of thiazole rings is 1. The largest absolute Gasteiger partial charge is 0.477 e. The highest BCUT2D eigenvalue weighted by atomic mass is 32.1. The van der Waals surface area contributed by atoms with Crippen molar-refractivity contribution in [3.05, 3.63) is 35.7 Å². The molecule has 0 fully saturated rings. The number of benzene rings is 1. The van der Waals surface area contributed by atoms with Crippen molar-refractivity contribution in [1.82, 2.24) is 4.98 Å². The van der Waals surface area contributed by atoms with Crippen molar-refractivity contribution in [2.45, 2.75) is 6.92 Å². The van der Waals surface area contributed by atoms with Crippen LogP contribution in [0.25, 0.3) is 0 Å². The van der Waals surface area contributed by atoms with E-state index in [4.69, 9.17) is 4.74 Å². The first kappa shape index (κ1) is 9.98. The van der Waals surface area contributed by atoms with Gasteiger partial charge in [0.25, 0.3) is 0 Å². The zero-order chi connectivity index (χ0) is 10.5. The second-order valence-electron chi connectivity index (χ2n) is 2.91. The molecule has 1 aromatic carbocycles. The van der Waals surface area contributed by atoms with Gasteiger partial charge in [0, 0.05) is 5.69 Å². The van der Waals surface area contributed by atoms with Gasteiger partial charge in [0.05, 0.1) is 12.0 Å². The maximum Gasteiger partial charge on any atom is 0.226 e. The number of ether oxygens (including phenoxy) is 1. The Balaban J connectivity index is 2.05. The summed E-state index contributed by atoms with van der Waals surface area (Å²) in [5.74, 6) is 0.681. The number of nitrogens with one attached hydrogen (secondary N) is 1. The fourth-order valence-corrected chi connectivity index (χ4v) is 1.83.